The first kappa shape index (κ1) is 13.4. The van der Waals surface area contributed by atoms with Gasteiger partial charge in [0.05, 0.1) is 19.3 Å². The minimum absolute atomic E-state index is 0.0358. The molecule has 0 aromatic carbocycles. The minimum atomic E-state index is -1.09. The van der Waals surface area contributed by atoms with Gasteiger partial charge >= 0.3 is 5.97 Å². The first-order chi connectivity index (χ1) is 7.58. The van der Waals surface area contributed by atoms with Crippen LogP contribution in [0.1, 0.15) is 32.6 Å². The summed E-state index contributed by atoms with van der Waals surface area (Å²) in [5.41, 5.74) is 4.65. The fourth-order valence-electron chi connectivity index (χ4n) is 1.89. The molecular formula is C11H21NO4. The molecule has 0 spiro atoms. The van der Waals surface area contributed by atoms with Crippen molar-refractivity contribution < 1.29 is 19.4 Å². The summed E-state index contributed by atoms with van der Waals surface area (Å²) in [5.74, 6) is -0.930. The summed E-state index contributed by atoms with van der Waals surface area (Å²) in [7, 11) is 0. The largest absolute Gasteiger partial charge is 0.480 e. The molecule has 0 amide bonds. The van der Waals surface area contributed by atoms with Crippen LogP contribution >= 0.6 is 0 Å². The summed E-state index contributed by atoms with van der Waals surface area (Å²) in [4.78, 5) is 10.9. The topological polar surface area (TPSA) is 81.8 Å². The average Bonchev–Trinajstić information content (AvgIpc) is 2.62. The number of hydrogen-bond acceptors (Lipinski definition) is 4. The predicted octanol–water partition coefficient (Wildman–Crippen LogP) is 0.764. The van der Waals surface area contributed by atoms with Gasteiger partial charge in [-0.1, -0.05) is 6.92 Å². The van der Waals surface area contributed by atoms with E-state index in [1.54, 1.807) is 0 Å². The van der Waals surface area contributed by atoms with E-state index >= 15 is 0 Å². The Morgan fingerprint density at radius 2 is 2.25 bits per heavy atom. The molecular weight excluding hydrogens is 210 g/mol. The molecule has 5 heteroatoms. The van der Waals surface area contributed by atoms with E-state index in [0.29, 0.717) is 26.1 Å². The van der Waals surface area contributed by atoms with Crippen molar-refractivity contribution in [1.82, 2.24) is 0 Å². The van der Waals surface area contributed by atoms with E-state index in [2.05, 4.69) is 0 Å². The van der Waals surface area contributed by atoms with Crippen LogP contribution in [0.25, 0.3) is 0 Å². The van der Waals surface area contributed by atoms with Gasteiger partial charge in [0, 0.05) is 13.0 Å². The number of carboxylic acid groups (broad SMARTS) is 1. The Hall–Kier alpha value is -0.650. The molecule has 0 aromatic rings. The lowest BCUT2D eigenvalue weighted by atomic mass is 10.00. The Morgan fingerprint density at radius 1 is 1.50 bits per heavy atom. The lowest BCUT2D eigenvalue weighted by molar-refractivity contribution is -0.143. The van der Waals surface area contributed by atoms with Crippen molar-refractivity contribution in [3.05, 3.63) is 0 Å². The Morgan fingerprint density at radius 3 is 2.81 bits per heavy atom. The number of nitrogens with two attached hydrogens (primary N) is 1. The van der Waals surface area contributed by atoms with Gasteiger partial charge in [-0.25, -0.2) is 0 Å². The van der Waals surface area contributed by atoms with Crippen LogP contribution in [0.3, 0.4) is 0 Å². The second-order valence-corrected chi connectivity index (χ2v) is 4.31. The third-order valence-corrected chi connectivity index (χ3v) is 2.86. The van der Waals surface area contributed by atoms with Crippen LogP contribution < -0.4 is 5.73 Å². The van der Waals surface area contributed by atoms with E-state index in [1.807, 2.05) is 6.92 Å². The van der Waals surface area contributed by atoms with Gasteiger partial charge in [0.1, 0.15) is 5.54 Å². The fourth-order valence-corrected chi connectivity index (χ4v) is 1.89. The number of carboxylic acids is 1. The van der Waals surface area contributed by atoms with Crippen molar-refractivity contribution in [1.29, 1.82) is 0 Å². The van der Waals surface area contributed by atoms with Crippen molar-refractivity contribution in [2.24, 2.45) is 5.73 Å². The highest BCUT2D eigenvalue weighted by molar-refractivity contribution is 5.78. The highest BCUT2D eigenvalue weighted by Gasteiger charge is 2.42. The molecule has 2 unspecified atom stereocenters. The van der Waals surface area contributed by atoms with Gasteiger partial charge in [-0.15, -0.1) is 0 Å². The standard InChI is InChI=1S/C11H21NO4/c1-2-5-15-6-7-16-9-3-4-11(12,8-9)10(13)14/h9H,2-8,12H2,1H3,(H,13,14). The van der Waals surface area contributed by atoms with Gasteiger partial charge in [-0.3, -0.25) is 4.79 Å². The normalized spacial score (nSPS) is 29.5. The molecule has 1 saturated carbocycles. The molecule has 0 aliphatic heterocycles. The molecule has 0 radical (unpaired) electrons. The molecule has 0 bridgehead atoms. The van der Waals surface area contributed by atoms with Gasteiger partial charge in [-0.05, 0) is 19.3 Å². The van der Waals surface area contributed by atoms with Crippen LogP contribution in [0.4, 0.5) is 0 Å². The van der Waals surface area contributed by atoms with E-state index in [4.69, 9.17) is 20.3 Å². The van der Waals surface area contributed by atoms with Gasteiger partial charge in [0.25, 0.3) is 0 Å². The smallest absolute Gasteiger partial charge is 0.323 e. The molecule has 0 heterocycles. The monoisotopic (exact) mass is 231 g/mol. The molecule has 0 saturated heterocycles. The summed E-state index contributed by atoms with van der Waals surface area (Å²) < 4.78 is 10.8. The van der Waals surface area contributed by atoms with Crippen molar-refractivity contribution >= 4 is 5.97 Å². The zero-order valence-corrected chi connectivity index (χ0v) is 9.78. The maximum Gasteiger partial charge on any atom is 0.323 e. The van der Waals surface area contributed by atoms with Crippen LogP contribution in [0, 0.1) is 0 Å². The quantitative estimate of drug-likeness (QED) is 0.632. The van der Waals surface area contributed by atoms with Crippen molar-refractivity contribution in [3.63, 3.8) is 0 Å². The first-order valence-corrected chi connectivity index (χ1v) is 5.80. The predicted molar refractivity (Wildman–Crippen MR) is 59.3 cm³/mol. The molecule has 1 fully saturated rings. The average molecular weight is 231 g/mol. The molecule has 1 rings (SSSR count). The van der Waals surface area contributed by atoms with E-state index in [1.165, 1.54) is 0 Å². The van der Waals surface area contributed by atoms with Crippen LogP contribution in [0.2, 0.25) is 0 Å². The summed E-state index contributed by atoms with van der Waals surface area (Å²) in [6.45, 7) is 3.87. The number of ether oxygens (including phenoxy) is 2. The lowest BCUT2D eigenvalue weighted by Gasteiger charge is -2.18. The van der Waals surface area contributed by atoms with Crippen molar-refractivity contribution in [3.8, 4) is 0 Å². The summed E-state index contributed by atoms with van der Waals surface area (Å²) >= 11 is 0. The Balaban J connectivity index is 2.14. The van der Waals surface area contributed by atoms with Gasteiger partial charge in [0.2, 0.25) is 0 Å². The van der Waals surface area contributed by atoms with Gasteiger partial charge in [0.15, 0.2) is 0 Å². The Kier molecular flexibility index (Phi) is 5.18. The lowest BCUT2D eigenvalue weighted by Crippen LogP contribution is -2.45. The third-order valence-electron chi connectivity index (χ3n) is 2.86. The zero-order valence-electron chi connectivity index (χ0n) is 9.78. The van der Waals surface area contributed by atoms with Crippen LogP contribution in [0.5, 0.6) is 0 Å². The minimum Gasteiger partial charge on any atom is -0.480 e. The van der Waals surface area contributed by atoms with Crippen molar-refractivity contribution in [2.45, 2.75) is 44.2 Å². The second-order valence-electron chi connectivity index (χ2n) is 4.31. The van der Waals surface area contributed by atoms with E-state index in [0.717, 1.165) is 19.4 Å². The summed E-state index contributed by atoms with van der Waals surface area (Å²) in [6, 6.07) is 0. The SMILES string of the molecule is CCCOCCOC1CCC(N)(C(=O)O)C1. The highest BCUT2D eigenvalue weighted by atomic mass is 16.5. The number of aliphatic carboxylic acids is 1. The summed E-state index contributed by atoms with van der Waals surface area (Å²) in [6.07, 6.45) is 2.57. The maximum atomic E-state index is 10.9. The van der Waals surface area contributed by atoms with E-state index in [9.17, 15) is 4.79 Å². The third kappa shape index (κ3) is 3.73. The Labute approximate surface area is 95.9 Å². The van der Waals surface area contributed by atoms with E-state index < -0.39 is 11.5 Å². The maximum absolute atomic E-state index is 10.9. The number of carbonyl (C=O) groups is 1. The number of hydrogen-bond donors (Lipinski definition) is 2. The highest BCUT2D eigenvalue weighted by Crippen LogP contribution is 2.29. The molecule has 16 heavy (non-hydrogen) atoms. The number of rotatable bonds is 7. The van der Waals surface area contributed by atoms with Gasteiger partial charge < -0.3 is 20.3 Å². The zero-order chi connectivity index (χ0) is 12.0. The van der Waals surface area contributed by atoms with Gasteiger partial charge in [-0.2, -0.15) is 0 Å². The molecule has 1 aliphatic carbocycles. The van der Waals surface area contributed by atoms with Crippen molar-refractivity contribution in [2.75, 3.05) is 19.8 Å². The molecule has 2 atom stereocenters. The first-order valence-electron chi connectivity index (χ1n) is 5.80. The fraction of sp³-hybridized carbons (Fsp3) is 0.909. The van der Waals surface area contributed by atoms with E-state index in [-0.39, 0.29) is 6.10 Å². The Bertz CT molecular complexity index is 234. The van der Waals surface area contributed by atoms with Crippen LogP contribution in [-0.4, -0.2) is 42.5 Å². The second kappa shape index (κ2) is 6.18. The van der Waals surface area contributed by atoms with Crippen LogP contribution in [0.15, 0.2) is 0 Å². The molecule has 5 nitrogen and oxygen atoms in total. The molecule has 3 N–H and O–H groups in total. The summed E-state index contributed by atoms with van der Waals surface area (Å²) in [5, 5.41) is 8.93. The molecule has 1 aliphatic rings. The molecule has 0 aromatic heterocycles. The van der Waals surface area contributed by atoms with Crippen LogP contribution in [-0.2, 0) is 14.3 Å². The molecule has 94 valence electrons.